The molecule has 14 heteroatoms. The summed E-state index contributed by atoms with van der Waals surface area (Å²) in [5.74, 6) is -8.69. The lowest BCUT2D eigenvalue weighted by atomic mass is 9.81. The third-order valence-corrected chi connectivity index (χ3v) is 14.8. The molecule has 0 radical (unpaired) electrons. The van der Waals surface area contributed by atoms with E-state index in [9.17, 15) is 34.5 Å². The lowest BCUT2D eigenvalue weighted by molar-refractivity contribution is -0.302. The van der Waals surface area contributed by atoms with Crippen molar-refractivity contribution in [2.75, 3.05) is 20.8 Å². The van der Waals surface area contributed by atoms with Crippen molar-refractivity contribution in [2.24, 2.45) is 29.6 Å². The Morgan fingerprint density at radius 1 is 0.909 bits per heavy atom. The number of hydrogen-bond donors (Lipinski definition) is 3. The summed E-state index contributed by atoms with van der Waals surface area (Å²) in [7, 11) is 2.88. The number of aliphatic hydroxyl groups is 3. The number of amides is 1. The molecule has 3 N–H and O–H groups in total. The number of cyclic esters (lactones) is 1. The minimum absolute atomic E-state index is 0.0361. The number of benzene rings is 2. The van der Waals surface area contributed by atoms with Gasteiger partial charge in [-0.3, -0.25) is 14.4 Å². The molecule has 15 unspecified atom stereocenters. The van der Waals surface area contributed by atoms with Crippen molar-refractivity contribution in [1.82, 2.24) is 4.90 Å². The number of aliphatic hydroxyl groups excluding tert-OH is 2. The maximum atomic E-state index is 16.3. The van der Waals surface area contributed by atoms with Crippen LogP contribution in [0.4, 0.5) is 4.39 Å². The van der Waals surface area contributed by atoms with Gasteiger partial charge >= 0.3 is 5.97 Å². The van der Waals surface area contributed by atoms with Gasteiger partial charge in [-0.2, -0.15) is 0 Å². The van der Waals surface area contributed by atoms with Crippen molar-refractivity contribution in [3.63, 3.8) is 0 Å². The third kappa shape index (κ3) is 11.4. The molecule has 66 heavy (non-hydrogen) atoms. The molecule has 3 aliphatic heterocycles. The number of ether oxygens (including phenoxy) is 5. The molecule has 15 atom stereocenters. The highest BCUT2D eigenvalue weighted by Crippen LogP contribution is 2.40. The second-order valence-electron chi connectivity index (χ2n) is 19.5. The molecule has 1 aliphatic carbocycles. The Bertz CT molecular complexity index is 2090. The minimum Gasteiger partial charge on any atom is -0.488 e. The number of piperidine rings is 1. The number of allylic oxidation sites excluding steroid dienone is 3. The van der Waals surface area contributed by atoms with Crippen molar-refractivity contribution >= 4 is 34.2 Å². The Morgan fingerprint density at radius 3 is 2.29 bits per heavy atom. The van der Waals surface area contributed by atoms with Crippen LogP contribution in [-0.2, 0) is 38.1 Å². The third-order valence-electron chi connectivity index (χ3n) is 14.8. The van der Waals surface area contributed by atoms with Crippen molar-refractivity contribution in [2.45, 2.75) is 166 Å². The van der Waals surface area contributed by atoms with Crippen molar-refractivity contribution < 1.29 is 62.6 Å². The Hall–Kier alpha value is -4.05. The van der Waals surface area contributed by atoms with Gasteiger partial charge in [-0.15, -0.1) is 0 Å². The maximum absolute atomic E-state index is 16.3. The highest BCUT2D eigenvalue weighted by molar-refractivity contribution is 6.39. The summed E-state index contributed by atoms with van der Waals surface area (Å²) in [5.41, 5.74) is 0.908. The van der Waals surface area contributed by atoms with Gasteiger partial charge in [0.1, 0.15) is 42.1 Å². The van der Waals surface area contributed by atoms with Crippen LogP contribution in [-0.4, -0.2) is 125 Å². The van der Waals surface area contributed by atoms with E-state index in [2.05, 4.69) is 0 Å². The van der Waals surface area contributed by atoms with Gasteiger partial charge in [0.05, 0.1) is 24.4 Å². The zero-order valence-electron chi connectivity index (χ0n) is 39.9. The zero-order valence-corrected chi connectivity index (χ0v) is 39.9. The summed E-state index contributed by atoms with van der Waals surface area (Å²) in [6, 6.07) is 12.6. The van der Waals surface area contributed by atoms with E-state index in [4.69, 9.17) is 23.7 Å². The number of alkyl halides is 1. The van der Waals surface area contributed by atoms with E-state index in [0.29, 0.717) is 55.4 Å². The highest BCUT2D eigenvalue weighted by atomic mass is 19.1. The van der Waals surface area contributed by atoms with E-state index >= 15 is 4.39 Å². The van der Waals surface area contributed by atoms with Crippen LogP contribution >= 0.6 is 0 Å². The van der Waals surface area contributed by atoms with E-state index in [1.165, 1.54) is 14.2 Å². The Kier molecular flexibility index (Phi) is 17.4. The predicted molar refractivity (Wildman–Crippen MR) is 246 cm³/mol. The smallest absolute Gasteiger partial charge is 0.329 e. The number of carbonyl (C=O) groups excluding carboxylic acids is 4. The standard InChI is InChI=1S/C52H72FNO12/c1-9-35-23-29(2)46(53)30(3)24-44(62-7)48-45(63-8)25-32(5)52(61,66-48)49(58)50(59)54-21-13-12-16-39(54)51(60)65-47(33(6)40(55)28-41(35)56)31(4)22-34-17-20-43(42(57)26-34)64-38-19-18-36-14-10-11-15-37(36)27-38/h10-11,14-15,18-19,22-23,27,30,32-35,39-40,42-48,55,57,61H,9,12-13,16-17,20-21,24-26,28H2,1-8H3. The van der Waals surface area contributed by atoms with E-state index in [-0.39, 0.29) is 43.9 Å². The topological polar surface area (TPSA) is 178 Å². The van der Waals surface area contributed by atoms with Gasteiger partial charge in [-0.05, 0) is 118 Å². The van der Waals surface area contributed by atoms with E-state index < -0.39 is 102 Å². The van der Waals surface area contributed by atoms with Crippen LogP contribution in [0.25, 0.3) is 10.8 Å². The molecule has 3 heterocycles. The number of Topliss-reactive ketones (excluding diaryl/α,β-unsaturated/α-hetero) is 2. The molecule has 2 aromatic carbocycles. The molecule has 1 amide bonds. The molecular formula is C52H72FNO12. The van der Waals surface area contributed by atoms with Gasteiger partial charge in [0.15, 0.2) is 0 Å². The fraction of sp³-hybridized carbons (Fsp3) is 0.654. The first-order valence-electron chi connectivity index (χ1n) is 24.0. The molecular weight excluding hydrogens is 850 g/mol. The van der Waals surface area contributed by atoms with E-state index in [1.807, 2.05) is 55.5 Å². The molecule has 4 aliphatic rings. The van der Waals surface area contributed by atoms with Gasteiger partial charge in [0, 0.05) is 44.9 Å². The number of halogens is 1. The van der Waals surface area contributed by atoms with E-state index in [1.54, 1.807) is 40.7 Å². The fourth-order valence-electron chi connectivity index (χ4n) is 10.6. The monoisotopic (exact) mass is 922 g/mol. The molecule has 2 bridgehead atoms. The predicted octanol–water partition coefficient (Wildman–Crippen LogP) is 7.01. The largest absolute Gasteiger partial charge is 0.488 e. The van der Waals surface area contributed by atoms with Crippen LogP contribution in [0.15, 0.2) is 65.8 Å². The van der Waals surface area contributed by atoms with Crippen molar-refractivity contribution in [1.29, 1.82) is 0 Å². The number of rotatable bonds is 7. The summed E-state index contributed by atoms with van der Waals surface area (Å²) in [4.78, 5) is 58.2. The quantitative estimate of drug-likeness (QED) is 0.147. The SMILES string of the molecule is CCC1C=C(C)C(F)C(C)CC(OC)C2OC(O)(C(=O)C(=O)N3CCCCC3C(=O)OC(C(C)=CC3CCC(Oc4ccc5ccccc5c4)C(O)C3)C(C)C(O)CC1=O)C(C)CC2OC. The summed E-state index contributed by atoms with van der Waals surface area (Å²) >= 11 is 0. The molecule has 13 nitrogen and oxygen atoms in total. The average Bonchev–Trinajstić information content (AvgIpc) is 3.31. The Labute approximate surface area is 389 Å². The molecule has 1 saturated carbocycles. The van der Waals surface area contributed by atoms with Crippen molar-refractivity contribution in [3.05, 3.63) is 65.8 Å². The molecule has 2 aromatic rings. The number of fused-ring (bicyclic) bond motifs is 4. The summed E-state index contributed by atoms with van der Waals surface area (Å²) in [6.45, 7) is 10.2. The zero-order chi connectivity index (χ0) is 48.0. The van der Waals surface area contributed by atoms with Crippen LogP contribution in [0.2, 0.25) is 0 Å². The van der Waals surface area contributed by atoms with Crippen LogP contribution in [0, 0.1) is 29.6 Å². The number of nitrogens with zero attached hydrogens (tertiary/aromatic N) is 1. The van der Waals surface area contributed by atoms with Gasteiger partial charge < -0.3 is 43.9 Å². The highest BCUT2D eigenvalue weighted by Gasteiger charge is 2.57. The second kappa shape index (κ2) is 22.4. The lowest BCUT2D eigenvalue weighted by Gasteiger charge is -2.47. The second-order valence-corrected chi connectivity index (χ2v) is 19.5. The molecule has 0 aromatic heterocycles. The van der Waals surface area contributed by atoms with Gasteiger partial charge in [-0.1, -0.05) is 70.2 Å². The number of esters is 1. The number of methoxy groups -OCH3 is 2. The molecule has 364 valence electrons. The van der Waals surface area contributed by atoms with Crippen LogP contribution in [0.5, 0.6) is 5.75 Å². The number of carbonyl (C=O) groups is 4. The maximum Gasteiger partial charge on any atom is 0.329 e. The first-order valence-corrected chi connectivity index (χ1v) is 24.0. The molecule has 2 saturated heterocycles. The lowest BCUT2D eigenvalue weighted by Crippen LogP contribution is -2.64. The molecule has 3 fully saturated rings. The Balaban J connectivity index is 1.30. The summed E-state index contributed by atoms with van der Waals surface area (Å²) in [6.07, 6.45) is -1.21. The van der Waals surface area contributed by atoms with Gasteiger partial charge in [0.25, 0.3) is 11.7 Å². The van der Waals surface area contributed by atoms with Gasteiger partial charge in [0.2, 0.25) is 5.79 Å². The normalized spacial score (nSPS) is 37.4. The summed E-state index contributed by atoms with van der Waals surface area (Å²) in [5, 5.41) is 37.3. The van der Waals surface area contributed by atoms with E-state index in [0.717, 1.165) is 15.7 Å². The first kappa shape index (κ1) is 51.3. The summed E-state index contributed by atoms with van der Waals surface area (Å²) < 4.78 is 46.7. The Morgan fingerprint density at radius 2 is 1.61 bits per heavy atom. The van der Waals surface area contributed by atoms with Gasteiger partial charge in [-0.25, -0.2) is 9.18 Å². The number of hydrogen-bond acceptors (Lipinski definition) is 12. The van der Waals surface area contributed by atoms with Crippen LogP contribution in [0.1, 0.15) is 106 Å². The average molecular weight is 922 g/mol. The number of ketones is 2. The first-order chi connectivity index (χ1) is 31.4. The van der Waals surface area contributed by atoms with Crippen LogP contribution < -0.4 is 4.74 Å². The van der Waals surface area contributed by atoms with Crippen LogP contribution in [0.3, 0.4) is 0 Å². The molecule has 0 spiro atoms. The van der Waals surface area contributed by atoms with Crippen molar-refractivity contribution in [3.8, 4) is 5.75 Å². The fourth-order valence-corrected chi connectivity index (χ4v) is 10.6. The minimum atomic E-state index is -2.62. The molecule has 6 rings (SSSR count).